The molecule has 1 unspecified atom stereocenters. The Morgan fingerprint density at radius 3 is 2.22 bits per heavy atom. The fourth-order valence-corrected chi connectivity index (χ4v) is 10.1. The molecular formula is C42H59FN6O7S2. The number of aliphatic hydroxyl groups is 1. The average molecular weight is 843 g/mol. The minimum absolute atomic E-state index is 0.0455. The van der Waals surface area contributed by atoms with Crippen molar-refractivity contribution in [2.45, 2.75) is 127 Å². The van der Waals surface area contributed by atoms with E-state index in [0.717, 1.165) is 47.4 Å². The normalized spacial score (nSPS) is 23.9. The van der Waals surface area contributed by atoms with E-state index in [0.29, 0.717) is 31.9 Å². The Bertz CT molecular complexity index is 1810. The summed E-state index contributed by atoms with van der Waals surface area (Å²) in [6, 6.07) is 5.70. The van der Waals surface area contributed by atoms with E-state index in [4.69, 9.17) is 4.74 Å². The van der Waals surface area contributed by atoms with Gasteiger partial charge >= 0.3 is 6.09 Å². The van der Waals surface area contributed by atoms with Crippen molar-refractivity contribution in [1.82, 2.24) is 30.3 Å². The number of thioether (sulfide) groups is 1. The molecule has 0 radical (unpaired) electrons. The van der Waals surface area contributed by atoms with E-state index in [-0.39, 0.29) is 56.2 Å². The lowest BCUT2D eigenvalue weighted by molar-refractivity contribution is -0.143. The van der Waals surface area contributed by atoms with Crippen LogP contribution in [0.2, 0.25) is 0 Å². The highest BCUT2D eigenvalue weighted by Gasteiger charge is 2.54. The Hall–Kier alpha value is -3.76. The predicted octanol–water partition coefficient (Wildman–Crippen LogP) is 5.08. The summed E-state index contributed by atoms with van der Waals surface area (Å²) in [6.07, 6.45) is 2.05. The zero-order valence-electron chi connectivity index (χ0n) is 34.6. The molecule has 2 saturated carbocycles. The quantitative estimate of drug-likeness (QED) is 0.265. The molecule has 16 heteroatoms. The second kappa shape index (κ2) is 17.8. The number of aliphatic hydroxyl groups excluding tert-OH is 1. The van der Waals surface area contributed by atoms with E-state index >= 15 is 4.39 Å². The van der Waals surface area contributed by atoms with Gasteiger partial charge in [-0.2, -0.15) is 11.8 Å². The van der Waals surface area contributed by atoms with E-state index in [1.165, 1.54) is 16.7 Å². The number of rotatable bonds is 12. The number of carbonyl (C=O) groups is 5. The maximum absolute atomic E-state index is 15.1. The molecule has 5 amide bonds. The first kappa shape index (κ1) is 43.8. The third kappa shape index (κ3) is 10.7. The van der Waals surface area contributed by atoms with Gasteiger partial charge in [0.2, 0.25) is 17.7 Å². The molecule has 0 spiro atoms. The third-order valence-corrected chi connectivity index (χ3v) is 14.3. The largest absolute Gasteiger partial charge is 0.444 e. The number of piperazine rings is 1. The lowest BCUT2D eigenvalue weighted by Gasteiger charge is -2.39. The van der Waals surface area contributed by atoms with Crippen LogP contribution in [0.1, 0.15) is 90.8 Å². The number of thiazole rings is 1. The number of aryl methyl sites for hydroxylation is 1. The summed E-state index contributed by atoms with van der Waals surface area (Å²) in [6.45, 7) is 13.1. The Balaban J connectivity index is 1.03. The first-order valence-corrected chi connectivity index (χ1v) is 22.4. The van der Waals surface area contributed by atoms with Crippen LogP contribution in [0, 0.1) is 18.8 Å². The summed E-state index contributed by atoms with van der Waals surface area (Å²) in [4.78, 5) is 77.4. The van der Waals surface area contributed by atoms with Crippen LogP contribution in [0.5, 0.6) is 0 Å². The van der Waals surface area contributed by atoms with E-state index in [1.54, 1.807) is 21.7 Å². The summed E-state index contributed by atoms with van der Waals surface area (Å²) in [5, 5.41) is 16.4. The van der Waals surface area contributed by atoms with Crippen LogP contribution in [0.15, 0.2) is 29.8 Å². The molecule has 4 aliphatic rings. The Morgan fingerprint density at radius 2 is 1.64 bits per heavy atom. The molecular weight excluding hydrogens is 784 g/mol. The number of carbonyl (C=O) groups excluding carboxylic acids is 5. The summed E-state index contributed by atoms with van der Waals surface area (Å²) in [5.41, 5.74) is 2.07. The van der Waals surface area contributed by atoms with Crippen LogP contribution < -0.4 is 10.6 Å². The molecule has 2 aliphatic heterocycles. The van der Waals surface area contributed by atoms with Crippen molar-refractivity contribution in [2.75, 3.05) is 38.5 Å². The van der Waals surface area contributed by atoms with Crippen LogP contribution in [-0.4, -0.2) is 127 Å². The first-order chi connectivity index (χ1) is 27.3. The number of nitrogens with zero attached hydrogens (tertiary/aromatic N) is 4. The fourth-order valence-electron chi connectivity index (χ4n) is 7.95. The van der Waals surface area contributed by atoms with Gasteiger partial charge in [-0.15, -0.1) is 11.3 Å². The number of ether oxygens (including phenoxy) is 1. The van der Waals surface area contributed by atoms with Crippen LogP contribution in [-0.2, 0) is 30.5 Å². The van der Waals surface area contributed by atoms with Gasteiger partial charge in [-0.25, -0.2) is 14.2 Å². The van der Waals surface area contributed by atoms with Crippen molar-refractivity contribution in [3.8, 4) is 10.4 Å². The molecule has 2 aromatic rings. The standard InChI is InChI=1S/C42H59FN6O7S2/c1-26-33(57-25-45-26)29-11-7-27(8-12-29)22-44-35(51)32-21-31(50)23-49(32)37(53)34(46-38(54)42(43)15-16-42)41(5,6)58-24-28-9-13-30(14-10-28)36(52)47-17-19-48(20-18-47)39(55)56-40(2,3)4/h7-8,11-12,25,28,30-32,34,50H,9-10,13-24H2,1-6H3,(H,44,51)(H,46,54)/t28?,30?,31-,32-,34?/m1/s1. The minimum atomic E-state index is -2.01. The van der Waals surface area contributed by atoms with Gasteiger partial charge in [0, 0.05) is 56.4 Å². The molecule has 2 aliphatic carbocycles. The van der Waals surface area contributed by atoms with Gasteiger partial charge in [-0.3, -0.25) is 19.2 Å². The van der Waals surface area contributed by atoms with E-state index < -0.39 is 51.9 Å². The number of benzene rings is 1. The van der Waals surface area contributed by atoms with Crippen LogP contribution in [0.25, 0.3) is 10.4 Å². The molecule has 3 N–H and O–H groups in total. The van der Waals surface area contributed by atoms with Crippen molar-refractivity contribution in [2.24, 2.45) is 11.8 Å². The van der Waals surface area contributed by atoms with Gasteiger partial charge < -0.3 is 35.2 Å². The first-order valence-electron chi connectivity index (χ1n) is 20.5. The molecule has 3 heterocycles. The minimum Gasteiger partial charge on any atom is -0.444 e. The molecule has 318 valence electrons. The van der Waals surface area contributed by atoms with Crippen molar-refractivity contribution in [1.29, 1.82) is 0 Å². The number of alkyl halides is 1. The van der Waals surface area contributed by atoms with Crippen LogP contribution >= 0.6 is 23.1 Å². The van der Waals surface area contributed by atoms with Crippen LogP contribution in [0.4, 0.5) is 9.18 Å². The van der Waals surface area contributed by atoms with E-state index in [1.807, 2.05) is 70.7 Å². The highest BCUT2D eigenvalue weighted by molar-refractivity contribution is 8.00. The fraction of sp³-hybridized carbons (Fsp3) is 0.667. The number of hydrogen-bond acceptors (Lipinski definition) is 10. The summed E-state index contributed by atoms with van der Waals surface area (Å²) < 4.78 is 19.6. The smallest absolute Gasteiger partial charge is 0.410 e. The van der Waals surface area contributed by atoms with Gasteiger partial charge in [0.15, 0.2) is 5.67 Å². The Kier molecular flexibility index (Phi) is 13.5. The van der Waals surface area contributed by atoms with E-state index in [9.17, 15) is 29.1 Å². The lowest BCUT2D eigenvalue weighted by Crippen LogP contribution is -2.61. The molecule has 1 aromatic carbocycles. The van der Waals surface area contributed by atoms with Gasteiger partial charge in [0.05, 0.1) is 22.2 Å². The molecule has 1 aromatic heterocycles. The van der Waals surface area contributed by atoms with Crippen molar-refractivity contribution < 1.29 is 38.2 Å². The number of hydrogen-bond donors (Lipinski definition) is 3. The Morgan fingerprint density at radius 1 is 1.00 bits per heavy atom. The highest BCUT2D eigenvalue weighted by atomic mass is 32.2. The highest BCUT2D eigenvalue weighted by Crippen LogP contribution is 2.42. The second-order valence-corrected chi connectivity index (χ2v) is 20.4. The van der Waals surface area contributed by atoms with Crippen molar-refractivity contribution in [3.05, 3.63) is 41.0 Å². The number of β-amino-alcohol motifs (C(OH)–C–C–N with tert-alkyl or cyclic N) is 1. The molecule has 3 atom stereocenters. The van der Waals surface area contributed by atoms with E-state index in [2.05, 4.69) is 15.6 Å². The average Bonchev–Trinajstić information content (AvgIpc) is 3.60. The molecule has 58 heavy (non-hydrogen) atoms. The zero-order valence-corrected chi connectivity index (χ0v) is 36.2. The van der Waals surface area contributed by atoms with Crippen molar-refractivity contribution >= 4 is 52.8 Å². The number of likely N-dealkylation sites (tertiary alicyclic amines) is 1. The molecule has 2 saturated heterocycles. The van der Waals surface area contributed by atoms with Gasteiger partial charge in [0.1, 0.15) is 17.7 Å². The van der Waals surface area contributed by atoms with Gasteiger partial charge in [-0.05, 0) is 103 Å². The number of aromatic nitrogens is 1. The molecule has 6 rings (SSSR count). The maximum Gasteiger partial charge on any atom is 0.410 e. The maximum atomic E-state index is 15.1. The summed E-state index contributed by atoms with van der Waals surface area (Å²) in [7, 11) is 0. The second-order valence-electron chi connectivity index (χ2n) is 17.9. The molecule has 0 bridgehead atoms. The monoisotopic (exact) mass is 842 g/mol. The summed E-state index contributed by atoms with van der Waals surface area (Å²) >= 11 is 3.08. The SMILES string of the molecule is Cc1ncsc1-c1ccc(CNC(=O)[C@H]2C[C@@H](O)CN2C(=O)C(NC(=O)C2(F)CC2)C(C)(C)SCC2CCC(C(=O)N3CCN(C(=O)OC(C)(C)C)CC3)CC2)cc1. The lowest BCUT2D eigenvalue weighted by atomic mass is 9.82. The number of nitrogens with one attached hydrogen (secondary N) is 2. The Labute approximate surface area is 349 Å². The third-order valence-electron chi connectivity index (χ3n) is 11.7. The topological polar surface area (TPSA) is 161 Å². The number of amides is 5. The van der Waals surface area contributed by atoms with Crippen molar-refractivity contribution in [3.63, 3.8) is 0 Å². The van der Waals surface area contributed by atoms with Crippen LogP contribution in [0.3, 0.4) is 0 Å². The molecule has 13 nitrogen and oxygen atoms in total. The zero-order chi connectivity index (χ0) is 42.0. The van der Waals surface area contributed by atoms with Gasteiger partial charge in [-0.1, -0.05) is 24.3 Å². The molecule has 4 fully saturated rings. The summed E-state index contributed by atoms with van der Waals surface area (Å²) in [5.74, 6) is -0.811. The predicted molar refractivity (Wildman–Crippen MR) is 222 cm³/mol. The van der Waals surface area contributed by atoms with Gasteiger partial charge in [0.25, 0.3) is 5.91 Å². The number of halogens is 1.